The van der Waals surface area contributed by atoms with Gasteiger partial charge in [-0.05, 0) is 0 Å². The molecule has 0 aromatic heterocycles. The van der Waals surface area contributed by atoms with Gasteiger partial charge < -0.3 is 10.4 Å². The van der Waals surface area contributed by atoms with E-state index < -0.39 is 10.2 Å². The minimum Gasteiger partial charge on any atom is -0.328 e. The van der Waals surface area contributed by atoms with Crippen molar-refractivity contribution in [3.05, 3.63) is 20.2 Å². The van der Waals surface area contributed by atoms with Crippen LogP contribution in [0, 0.1) is 20.2 Å². The number of nitrogens with zero attached hydrogens (tertiary/aromatic N) is 2. The Hall–Kier alpha value is 1.36. The first-order valence-electron chi connectivity index (χ1n) is 1.13. The molecule has 0 aliphatic carbocycles. The van der Waals surface area contributed by atoms with Crippen molar-refractivity contribution >= 4 is 91.0 Å². The Morgan fingerprint density at radius 2 is 0.900 bits per heavy atom. The van der Waals surface area contributed by atoms with Crippen LogP contribution in [0.1, 0.15) is 0 Å². The maximum Gasteiger partial charge on any atom is 2.00 e. The molecule has 0 bridgehead atoms. The standard InChI is InChI=1S/2HNO3.2Sr/c2*2-1(3)4;;/h2*(H,2,3,4);;/q;;2*+2. The monoisotopic (exact) mass is 302 g/mol. The second-order valence-electron chi connectivity index (χ2n) is 0.476. The minimum atomic E-state index is -1.50. The summed E-state index contributed by atoms with van der Waals surface area (Å²) in [7, 11) is 0. The molecule has 8 nitrogen and oxygen atoms in total. The molecular formula is H2N2O6Sr2+4. The Balaban J connectivity index is -0.0000000300. The van der Waals surface area contributed by atoms with Gasteiger partial charge in [-0.3, -0.25) is 0 Å². The molecule has 2 N–H and O–H groups in total. The first kappa shape index (κ1) is 22.5. The first-order chi connectivity index (χ1) is 3.46. The molecule has 0 radical (unpaired) electrons. The number of hydrogen-bond acceptors (Lipinski definition) is 4. The van der Waals surface area contributed by atoms with Crippen molar-refractivity contribution in [3.63, 3.8) is 0 Å². The molecular weight excluding hydrogens is 299 g/mol. The second kappa shape index (κ2) is 16.8. The molecule has 0 fully saturated rings. The van der Waals surface area contributed by atoms with Crippen molar-refractivity contribution in [2.75, 3.05) is 0 Å². The molecule has 0 aliphatic heterocycles. The van der Waals surface area contributed by atoms with E-state index >= 15 is 0 Å². The van der Waals surface area contributed by atoms with Crippen molar-refractivity contribution in [2.24, 2.45) is 0 Å². The van der Waals surface area contributed by atoms with Gasteiger partial charge in [0, 0.05) is 0 Å². The molecule has 0 aromatic carbocycles. The average molecular weight is 301 g/mol. The average Bonchev–Trinajstić information content (AvgIpc) is 1.25. The van der Waals surface area contributed by atoms with Crippen LogP contribution in [0.5, 0.6) is 0 Å². The van der Waals surface area contributed by atoms with Crippen LogP contribution in [0.25, 0.3) is 0 Å². The quantitative estimate of drug-likeness (QED) is 0.320. The van der Waals surface area contributed by atoms with E-state index in [4.69, 9.17) is 30.6 Å². The van der Waals surface area contributed by atoms with Gasteiger partial charge in [0.05, 0.1) is 0 Å². The van der Waals surface area contributed by atoms with Crippen LogP contribution < -0.4 is 0 Å². The summed E-state index contributed by atoms with van der Waals surface area (Å²) in [5.74, 6) is 0. The van der Waals surface area contributed by atoms with Crippen LogP contribution >= 0.6 is 0 Å². The summed E-state index contributed by atoms with van der Waals surface area (Å²) in [5.41, 5.74) is 0. The van der Waals surface area contributed by atoms with Crippen LogP contribution in [-0.4, -0.2) is 112 Å². The van der Waals surface area contributed by atoms with Crippen LogP contribution in [0.4, 0.5) is 0 Å². The summed E-state index contributed by atoms with van der Waals surface area (Å²) in [5, 5.41) is 27.3. The van der Waals surface area contributed by atoms with E-state index in [1.165, 1.54) is 0 Å². The van der Waals surface area contributed by atoms with Gasteiger partial charge in [-0.1, -0.05) is 0 Å². The normalized spacial score (nSPS) is 4.80. The Labute approximate surface area is 129 Å². The van der Waals surface area contributed by atoms with Crippen molar-refractivity contribution in [1.82, 2.24) is 0 Å². The van der Waals surface area contributed by atoms with Crippen molar-refractivity contribution in [3.8, 4) is 0 Å². The fourth-order valence-corrected chi connectivity index (χ4v) is 0. The fraction of sp³-hybridized carbons (Fsp3) is 0. The third kappa shape index (κ3) is 353. The van der Waals surface area contributed by atoms with Crippen molar-refractivity contribution < 1.29 is 20.6 Å². The maximum absolute atomic E-state index is 8.36. The van der Waals surface area contributed by atoms with Gasteiger partial charge in [0.1, 0.15) is 0 Å². The van der Waals surface area contributed by atoms with E-state index in [1.807, 2.05) is 0 Å². The summed E-state index contributed by atoms with van der Waals surface area (Å²) in [6, 6.07) is 0. The fourth-order valence-electron chi connectivity index (χ4n) is 0. The Morgan fingerprint density at radius 3 is 0.900 bits per heavy atom. The third-order valence-corrected chi connectivity index (χ3v) is 0. The van der Waals surface area contributed by atoms with Crippen LogP contribution in [0.15, 0.2) is 0 Å². The molecule has 0 aromatic rings. The summed E-state index contributed by atoms with van der Waals surface area (Å²) in [4.78, 5) is 16.7. The molecule has 0 saturated heterocycles. The minimum absolute atomic E-state index is 0. The molecule has 0 spiro atoms. The summed E-state index contributed by atoms with van der Waals surface area (Å²) in [6.07, 6.45) is 0. The molecule has 0 amide bonds. The Bertz CT molecular complexity index is 71.7. The largest absolute Gasteiger partial charge is 2.00 e. The summed E-state index contributed by atoms with van der Waals surface area (Å²) < 4.78 is 0. The van der Waals surface area contributed by atoms with E-state index in [9.17, 15) is 0 Å². The Kier molecular flexibility index (Phi) is 37.7. The van der Waals surface area contributed by atoms with E-state index in [0.29, 0.717) is 0 Å². The van der Waals surface area contributed by atoms with Gasteiger partial charge in [0.2, 0.25) is 0 Å². The van der Waals surface area contributed by atoms with Gasteiger partial charge in [0.15, 0.2) is 0 Å². The predicted molar refractivity (Wildman–Crippen MR) is 29.1 cm³/mol. The zero-order valence-corrected chi connectivity index (χ0v) is 11.8. The molecule has 48 valence electrons. The van der Waals surface area contributed by atoms with E-state index in [-0.39, 0.29) is 91.0 Å². The van der Waals surface area contributed by atoms with Crippen LogP contribution in [-0.2, 0) is 0 Å². The number of hydrogen-bond donors (Lipinski definition) is 2. The van der Waals surface area contributed by atoms with Crippen molar-refractivity contribution in [2.45, 2.75) is 0 Å². The van der Waals surface area contributed by atoms with Gasteiger partial charge in [-0.15, -0.1) is 20.2 Å². The molecule has 0 saturated carbocycles. The SMILES string of the molecule is O=[N+]([O-])O.O=[N+]([O-])O.[Sr+2].[Sr+2]. The van der Waals surface area contributed by atoms with Gasteiger partial charge in [-0.2, -0.15) is 0 Å². The van der Waals surface area contributed by atoms with Gasteiger partial charge in [-0.25, -0.2) is 0 Å². The third-order valence-electron chi connectivity index (χ3n) is 0. The Morgan fingerprint density at radius 1 is 0.900 bits per heavy atom. The summed E-state index contributed by atoms with van der Waals surface area (Å²) in [6.45, 7) is 0. The zero-order valence-electron chi connectivity index (χ0n) is 4.84. The molecule has 10 heteroatoms. The smallest absolute Gasteiger partial charge is 0.328 e. The molecule has 0 rings (SSSR count). The van der Waals surface area contributed by atoms with E-state index in [2.05, 4.69) is 0 Å². The summed E-state index contributed by atoms with van der Waals surface area (Å²) >= 11 is 0. The molecule has 0 unspecified atom stereocenters. The molecule has 0 atom stereocenters. The predicted octanol–water partition coefficient (Wildman–Crippen LogP) is -1.46. The van der Waals surface area contributed by atoms with Gasteiger partial charge >= 0.3 is 91.0 Å². The topological polar surface area (TPSA) is 127 Å². The van der Waals surface area contributed by atoms with E-state index in [1.54, 1.807) is 0 Å². The molecule has 0 aliphatic rings. The van der Waals surface area contributed by atoms with E-state index in [0.717, 1.165) is 0 Å². The van der Waals surface area contributed by atoms with Gasteiger partial charge in [0.25, 0.3) is 10.2 Å². The van der Waals surface area contributed by atoms with Crippen LogP contribution in [0.2, 0.25) is 0 Å². The first-order valence-corrected chi connectivity index (χ1v) is 1.13. The molecule has 0 heterocycles. The zero-order chi connectivity index (χ0) is 7.15. The maximum atomic E-state index is 8.36. The second-order valence-corrected chi connectivity index (χ2v) is 0.476. The number of rotatable bonds is 0. The van der Waals surface area contributed by atoms with Crippen molar-refractivity contribution in [1.29, 1.82) is 0 Å². The molecule has 10 heavy (non-hydrogen) atoms. The van der Waals surface area contributed by atoms with Crippen LogP contribution in [0.3, 0.4) is 0 Å².